The van der Waals surface area contributed by atoms with Crippen molar-refractivity contribution in [1.29, 1.82) is 5.26 Å². The van der Waals surface area contributed by atoms with E-state index in [2.05, 4.69) is 11.2 Å². The van der Waals surface area contributed by atoms with Gasteiger partial charge < -0.3 is 4.90 Å². The first-order chi connectivity index (χ1) is 13.5. The fourth-order valence-electron chi connectivity index (χ4n) is 2.77. The zero-order valence-electron chi connectivity index (χ0n) is 15.4. The molecule has 3 aromatic rings. The average molecular weight is 374 g/mol. The maximum absolute atomic E-state index is 13.5. The molecule has 2 aromatic carbocycles. The van der Waals surface area contributed by atoms with Crippen molar-refractivity contribution in [2.24, 2.45) is 7.05 Å². The third-order valence-corrected chi connectivity index (χ3v) is 4.17. The maximum Gasteiger partial charge on any atom is 0.247 e. The van der Waals surface area contributed by atoms with E-state index in [1.165, 1.54) is 18.2 Å². The summed E-state index contributed by atoms with van der Waals surface area (Å²) in [5.74, 6) is -0.536. The molecule has 0 bridgehead atoms. The lowest BCUT2D eigenvalue weighted by molar-refractivity contribution is -0.127. The van der Waals surface area contributed by atoms with Crippen LogP contribution in [0.3, 0.4) is 0 Å². The molecule has 140 valence electrons. The third kappa shape index (κ3) is 5.15. The number of carbonyl (C=O) groups excluding carboxylic acids is 1. The van der Waals surface area contributed by atoms with E-state index in [9.17, 15) is 9.18 Å². The summed E-state index contributed by atoms with van der Waals surface area (Å²) in [5.41, 5.74) is 2.97. The van der Waals surface area contributed by atoms with Crippen molar-refractivity contribution in [3.05, 3.63) is 95.1 Å². The zero-order chi connectivity index (χ0) is 19.9. The van der Waals surface area contributed by atoms with Gasteiger partial charge in [0, 0.05) is 38.0 Å². The summed E-state index contributed by atoms with van der Waals surface area (Å²) in [5, 5.41) is 13.0. The number of nitriles is 1. The highest BCUT2D eigenvalue weighted by atomic mass is 19.1. The van der Waals surface area contributed by atoms with Crippen LogP contribution in [0.4, 0.5) is 4.39 Å². The van der Waals surface area contributed by atoms with Gasteiger partial charge >= 0.3 is 0 Å². The molecule has 0 aliphatic rings. The average Bonchev–Trinajstić information content (AvgIpc) is 3.11. The highest BCUT2D eigenvalue weighted by molar-refractivity contribution is 5.91. The predicted molar refractivity (Wildman–Crippen MR) is 104 cm³/mol. The van der Waals surface area contributed by atoms with Gasteiger partial charge in [0.2, 0.25) is 5.91 Å². The van der Waals surface area contributed by atoms with Crippen LogP contribution in [-0.4, -0.2) is 20.6 Å². The minimum Gasteiger partial charge on any atom is -0.331 e. The van der Waals surface area contributed by atoms with Crippen LogP contribution in [0, 0.1) is 17.1 Å². The Labute approximate surface area is 162 Å². The third-order valence-electron chi connectivity index (χ3n) is 4.17. The van der Waals surface area contributed by atoms with Crippen molar-refractivity contribution in [2.75, 3.05) is 0 Å². The van der Waals surface area contributed by atoms with Gasteiger partial charge in [-0.2, -0.15) is 10.4 Å². The molecule has 28 heavy (non-hydrogen) atoms. The fourth-order valence-corrected chi connectivity index (χ4v) is 2.77. The molecule has 0 aliphatic carbocycles. The standard InChI is InChI=1S/C22H19FN4O/c1-26-14-20(13-25-26)9-10-22(28)27(16-19-3-2-4-21(23)11-19)15-18-7-5-17(12-24)6-8-18/h2-11,13-14H,15-16H2,1H3/b10-9-. The molecule has 5 nitrogen and oxygen atoms in total. The molecule has 1 amide bonds. The van der Waals surface area contributed by atoms with Crippen LogP contribution in [0.15, 0.2) is 67.0 Å². The number of amides is 1. The van der Waals surface area contributed by atoms with Gasteiger partial charge in [0.1, 0.15) is 5.82 Å². The quantitative estimate of drug-likeness (QED) is 0.619. The predicted octanol–water partition coefficient (Wildman–Crippen LogP) is 3.67. The lowest BCUT2D eigenvalue weighted by Gasteiger charge is -2.22. The van der Waals surface area contributed by atoms with Crippen molar-refractivity contribution in [3.8, 4) is 6.07 Å². The first kappa shape index (κ1) is 19.1. The van der Waals surface area contributed by atoms with E-state index < -0.39 is 0 Å². The van der Waals surface area contributed by atoms with Crippen LogP contribution in [-0.2, 0) is 24.9 Å². The van der Waals surface area contributed by atoms with E-state index in [1.54, 1.807) is 59.4 Å². The van der Waals surface area contributed by atoms with Crippen molar-refractivity contribution >= 4 is 12.0 Å². The van der Waals surface area contributed by atoms with E-state index >= 15 is 0 Å². The first-order valence-corrected chi connectivity index (χ1v) is 8.72. The smallest absolute Gasteiger partial charge is 0.247 e. The molecule has 0 fully saturated rings. The number of halogens is 1. The van der Waals surface area contributed by atoms with E-state index in [4.69, 9.17) is 5.26 Å². The lowest BCUT2D eigenvalue weighted by Crippen LogP contribution is -2.28. The second-order valence-electron chi connectivity index (χ2n) is 6.41. The molecule has 6 heteroatoms. The zero-order valence-corrected chi connectivity index (χ0v) is 15.4. The molecule has 0 saturated heterocycles. The molecule has 0 N–H and O–H groups in total. The summed E-state index contributed by atoms with van der Waals surface area (Å²) < 4.78 is 15.2. The van der Waals surface area contributed by atoms with E-state index in [-0.39, 0.29) is 18.3 Å². The number of carbonyl (C=O) groups is 1. The van der Waals surface area contributed by atoms with Gasteiger partial charge in [0.15, 0.2) is 0 Å². The van der Waals surface area contributed by atoms with Crippen LogP contribution < -0.4 is 0 Å². The van der Waals surface area contributed by atoms with Gasteiger partial charge in [-0.3, -0.25) is 9.48 Å². The number of nitrogens with zero attached hydrogens (tertiary/aromatic N) is 4. The number of rotatable bonds is 6. The van der Waals surface area contributed by atoms with Crippen molar-refractivity contribution in [1.82, 2.24) is 14.7 Å². The Morgan fingerprint density at radius 2 is 1.96 bits per heavy atom. The highest BCUT2D eigenvalue weighted by Crippen LogP contribution is 2.14. The van der Waals surface area contributed by atoms with Gasteiger partial charge in [-0.15, -0.1) is 0 Å². The van der Waals surface area contributed by atoms with Crippen LogP contribution in [0.2, 0.25) is 0 Å². The Hall–Kier alpha value is -3.72. The number of hydrogen-bond acceptors (Lipinski definition) is 3. The fraction of sp³-hybridized carbons (Fsp3) is 0.136. The largest absolute Gasteiger partial charge is 0.331 e. The summed E-state index contributed by atoms with van der Waals surface area (Å²) in [6.45, 7) is 0.617. The summed E-state index contributed by atoms with van der Waals surface area (Å²) in [7, 11) is 1.81. The summed E-state index contributed by atoms with van der Waals surface area (Å²) >= 11 is 0. The van der Waals surface area contributed by atoms with Gasteiger partial charge in [0.05, 0.1) is 17.8 Å². The summed E-state index contributed by atoms with van der Waals surface area (Å²) in [4.78, 5) is 14.4. The second kappa shape index (κ2) is 8.78. The van der Waals surface area contributed by atoms with E-state index in [1.807, 2.05) is 12.1 Å². The molecule has 3 rings (SSSR count). The SMILES string of the molecule is Cn1cc(/C=C\C(=O)N(Cc2ccc(C#N)cc2)Cc2cccc(F)c2)cn1. The number of benzene rings is 2. The van der Waals surface area contributed by atoms with Crippen molar-refractivity contribution < 1.29 is 9.18 Å². The number of aromatic nitrogens is 2. The van der Waals surface area contributed by atoms with E-state index in [0.29, 0.717) is 17.7 Å². The molecule has 0 radical (unpaired) electrons. The molecule has 1 aromatic heterocycles. The molecule has 1 heterocycles. The van der Waals surface area contributed by atoms with Gasteiger partial charge in [-0.05, 0) is 41.5 Å². The molecule has 0 spiro atoms. The minimum absolute atomic E-state index is 0.197. The van der Waals surface area contributed by atoms with Crippen LogP contribution in [0.1, 0.15) is 22.3 Å². The topological polar surface area (TPSA) is 61.9 Å². The van der Waals surface area contributed by atoms with E-state index in [0.717, 1.165) is 11.1 Å². The molecule has 0 unspecified atom stereocenters. The maximum atomic E-state index is 13.5. The summed E-state index contributed by atoms with van der Waals surface area (Å²) in [6, 6.07) is 15.3. The van der Waals surface area contributed by atoms with Crippen LogP contribution >= 0.6 is 0 Å². The van der Waals surface area contributed by atoms with Crippen molar-refractivity contribution in [2.45, 2.75) is 13.1 Å². The highest BCUT2D eigenvalue weighted by Gasteiger charge is 2.13. The van der Waals surface area contributed by atoms with Gasteiger partial charge in [-0.1, -0.05) is 24.3 Å². The number of hydrogen-bond donors (Lipinski definition) is 0. The molecular formula is C22H19FN4O. The first-order valence-electron chi connectivity index (χ1n) is 8.72. The van der Waals surface area contributed by atoms with Gasteiger partial charge in [-0.25, -0.2) is 4.39 Å². The second-order valence-corrected chi connectivity index (χ2v) is 6.41. The Balaban J connectivity index is 1.80. The molecule has 0 aliphatic heterocycles. The number of aryl methyl sites for hydroxylation is 1. The monoisotopic (exact) mass is 374 g/mol. The Kier molecular flexibility index (Phi) is 5.97. The van der Waals surface area contributed by atoms with Crippen LogP contribution in [0.25, 0.3) is 6.08 Å². The Morgan fingerprint density at radius 1 is 1.21 bits per heavy atom. The summed E-state index contributed by atoms with van der Waals surface area (Å²) in [6.07, 6.45) is 6.66. The molecular weight excluding hydrogens is 355 g/mol. The Morgan fingerprint density at radius 3 is 2.61 bits per heavy atom. The molecule has 0 atom stereocenters. The lowest BCUT2D eigenvalue weighted by atomic mass is 10.1. The Bertz CT molecular complexity index is 1030. The van der Waals surface area contributed by atoms with Crippen molar-refractivity contribution in [3.63, 3.8) is 0 Å². The molecule has 0 saturated carbocycles. The van der Waals surface area contributed by atoms with Gasteiger partial charge in [0.25, 0.3) is 0 Å². The normalized spacial score (nSPS) is 10.8. The minimum atomic E-state index is -0.339. The van der Waals surface area contributed by atoms with Crippen LogP contribution in [0.5, 0.6) is 0 Å².